The largest absolute Gasteiger partial charge is 0.379 e. The third-order valence-corrected chi connectivity index (χ3v) is 3.53. The normalized spacial score (nSPS) is 16.2. The lowest BCUT2D eigenvalue weighted by atomic mass is 9.93. The Hall–Kier alpha value is -2.89. The molecule has 1 aromatic carbocycles. The number of benzene rings is 1. The molecule has 1 aromatic heterocycles. The van der Waals surface area contributed by atoms with Crippen molar-refractivity contribution < 1.29 is 14.4 Å². The Balaban J connectivity index is 1.62. The number of fused-ring (bicyclic) bond motifs is 1. The fourth-order valence-electron chi connectivity index (χ4n) is 2.40. The highest BCUT2D eigenvalue weighted by Gasteiger charge is 2.28. The third kappa shape index (κ3) is 2.90. The van der Waals surface area contributed by atoms with Crippen LogP contribution in [0.1, 0.15) is 28.3 Å². The zero-order valence-corrected chi connectivity index (χ0v) is 11.8. The van der Waals surface area contributed by atoms with E-state index in [0.29, 0.717) is 24.3 Å². The molecule has 22 heavy (non-hydrogen) atoms. The van der Waals surface area contributed by atoms with Crippen LogP contribution < -0.4 is 15.6 Å². The molecule has 2 aromatic rings. The average molecular weight is 297 g/mol. The van der Waals surface area contributed by atoms with E-state index in [9.17, 15) is 9.59 Å². The van der Waals surface area contributed by atoms with E-state index in [0.717, 1.165) is 5.56 Å². The summed E-state index contributed by atoms with van der Waals surface area (Å²) in [6, 6.07) is 10.7. The smallest absolute Gasteiger partial charge is 0.260 e. The third-order valence-electron chi connectivity index (χ3n) is 3.53. The zero-order chi connectivity index (χ0) is 15.4. The minimum absolute atomic E-state index is 0.178. The molecular weight excluding hydrogens is 282 g/mol. The standard InChI is InChI=1S/C16H15N3O3/c20-15(11-5-8-17-9-6-11)18-10-7-13-12-3-1-2-4-14(12)22-19-16(13)21/h1-6,8-9,13H,7,10H2,(H,18,20)(H,19,21). The molecule has 1 atom stereocenters. The van der Waals surface area contributed by atoms with Gasteiger partial charge in [-0.3, -0.25) is 14.6 Å². The molecule has 0 saturated heterocycles. The number of nitrogens with one attached hydrogen (secondary N) is 2. The van der Waals surface area contributed by atoms with Gasteiger partial charge in [-0.2, -0.15) is 5.48 Å². The maximum absolute atomic E-state index is 11.9. The van der Waals surface area contributed by atoms with E-state index in [1.807, 2.05) is 18.2 Å². The maximum Gasteiger partial charge on any atom is 0.260 e. The fourth-order valence-corrected chi connectivity index (χ4v) is 2.40. The monoisotopic (exact) mass is 297 g/mol. The molecular formula is C16H15N3O3. The van der Waals surface area contributed by atoms with Crippen LogP contribution >= 0.6 is 0 Å². The van der Waals surface area contributed by atoms with E-state index in [2.05, 4.69) is 15.8 Å². The van der Waals surface area contributed by atoms with Gasteiger partial charge >= 0.3 is 0 Å². The van der Waals surface area contributed by atoms with Crippen molar-refractivity contribution in [2.24, 2.45) is 0 Å². The van der Waals surface area contributed by atoms with Gasteiger partial charge in [-0.15, -0.1) is 0 Å². The summed E-state index contributed by atoms with van der Waals surface area (Å²) in [5.74, 6) is -0.0599. The number of para-hydroxylation sites is 1. The number of carbonyl (C=O) groups is 2. The lowest BCUT2D eigenvalue weighted by Gasteiger charge is -2.24. The summed E-state index contributed by atoms with van der Waals surface area (Å²) >= 11 is 0. The summed E-state index contributed by atoms with van der Waals surface area (Å²) in [6.45, 7) is 0.396. The van der Waals surface area contributed by atoms with E-state index >= 15 is 0 Å². The van der Waals surface area contributed by atoms with Gasteiger partial charge in [0, 0.05) is 30.1 Å². The molecule has 0 radical (unpaired) electrons. The van der Waals surface area contributed by atoms with Crippen molar-refractivity contribution in [1.29, 1.82) is 0 Å². The van der Waals surface area contributed by atoms with Gasteiger partial charge < -0.3 is 10.2 Å². The Kier molecular flexibility index (Phi) is 4.00. The van der Waals surface area contributed by atoms with Crippen molar-refractivity contribution in [3.05, 3.63) is 59.9 Å². The van der Waals surface area contributed by atoms with Gasteiger partial charge in [-0.05, 0) is 24.6 Å². The molecule has 0 saturated carbocycles. The number of hydrogen-bond donors (Lipinski definition) is 2. The second-order valence-electron chi connectivity index (χ2n) is 4.94. The van der Waals surface area contributed by atoms with Crippen LogP contribution in [0, 0.1) is 0 Å². The van der Waals surface area contributed by atoms with Crippen molar-refractivity contribution in [3.63, 3.8) is 0 Å². The van der Waals surface area contributed by atoms with Crippen molar-refractivity contribution in [2.75, 3.05) is 6.54 Å². The SMILES string of the molecule is O=C(NCCC1C(=O)NOc2ccccc21)c1ccncc1. The Morgan fingerprint density at radius 2 is 2.00 bits per heavy atom. The molecule has 6 nitrogen and oxygen atoms in total. The average Bonchev–Trinajstić information content (AvgIpc) is 2.57. The summed E-state index contributed by atoms with van der Waals surface area (Å²) < 4.78 is 0. The molecule has 2 N–H and O–H groups in total. The van der Waals surface area contributed by atoms with Crippen molar-refractivity contribution in [1.82, 2.24) is 15.8 Å². The first kappa shape index (κ1) is 14.1. The second-order valence-corrected chi connectivity index (χ2v) is 4.94. The Labute approximate surface area is 127 Å². The van der Waals surface area contributed by atoms with Gasteiger partial charge in [-0.1, -0.05) is 18.2 Å². The maximum atomic E-state index is 11.9. The van der Waals surface area contributed by atoms with E-state index in [-0.39, 0.29) is 17.7 Å². The molecule has 1 unspecified atom stereocenters. The van der Waals surface area contributed by atoms with E-state index < -0.39 is 0 Å². The molecule has 0 bridgehead atoms. The molecule has 2 amide bonds. The first-order valence-electron chi connectivity index (χ1n) is 6.99. The molecule has 1 aliphatic rings. The highest BCUT2D eigenvalue weighted by molar-refractivity contribution is 5.94. The van der Waals surface area contributed by atoms with Gasteiger partial charge in [0.2, 0.25) is 0 Å². The molecule has 0 spiro atoms. The molecule has 0 aliphatic carbocycles. The van der Waals surface area contributed by atoms with Gasteiger partial charge in [0.25, 0.3) is 11.8 Å². The topological polar surface area (TPSA) is 80.3 Å². The van der Waals surface area contributed by atoms with E-state index in [1.54, 1.807) is 30.6 Å². The summed E-state index contributed by atoms with van der Waals surface area (Å²) in [5.41, 5.74) is 3.78. The first-order chi connectivity index (χ1) is 10.8. The minimum atomic E-state index is -0.331. The fraction of sp³-hybridized carbons (Fsp3) is 0.188. The lowest BCUT2D eigenvalue weighted by Crippen LogP contribution is -2.38. The number of rotatable bonds is 4. The minimum Gasteiger partial charge on any atom is -0.379 e. The molecule has 3 rings (SSSR count). The summed E-state index contributed by atoms with van der Waals surface area (Å²) in [4.78, 5) is 32.9. The number of amides is 2. The highest BCUT2D eigenvalue weighted by Crippen LogP contribution is 2.31. The molecule has 1 aliphatic heterocycles. The van der Waals surface area contributed by atoms with Crippen molar-refractivity contribution in [2.45, 2.75) is 12.3 Å². The van der Waals surface area contributed by atoms with Crippen LogP contribution in [-0.2, 0) is 4.79 Å². The van der Waals surface area contributed by atoms with Crippen LogP contribution in [-0.4, -0.2) is 23.3 Å². The predicted octanol–water partition coefficient (Wildman–Crippen LogP) is 1.41. The number of pyridine rings is 1. The summed E-state index contributed by atoms with van der Waals surface area (Å²) in [7, 11) is 0. The molecule has 112 valence electrons. The predicted molar refractivity (Wildman–Crippen MR) is 79.1 cm³/mol. The number of carbonyl (C=O) groups excluding carboxylic acids is 2. The van der Waals surface area contributed by atoms with Gasteiger partial charge in [0.15, 0.2) is 5.75 Å². The van der Waals surface area contributed by atoms with Crippen molar-refractivity contribution >= 4 is 11.8 Å². The van der Waals surface area contributed by atoms with E-state index in [1.165, 1.54) is 0 Å². The number of hydroxylamine groups is 1. The Bertz CT molecular complexity index is 688. The van der Waals surface area contributed by atoms with E-state index in [4.69, 9.17) is 4.84 Å². The lowest BCUT2D eigenvalue weighted by molar-refractivity contribution is -0.131. The van der Waals surface area contributed by atoms with Crippen LogP contribution in [0.5, 0.6) is 5.75 Å². The first-order valence-corrected chi connectivity index (χ1v) is 6.99. The van der Waals surface area contributed by atoms with Gasteiger partial charge in [0.05, 0.1) is 5.92 Å². The van der Waals surface area contributed by atoms with Crippen LogP contribution in [0.25, 0.3) is 0 Å². The second kappa shape index (κ2) is 6.26. The van der Waals surface area contributed by atoms with Crippen LogP contribution in [0.3, 0.4) is 0 Å². The Morgan fingerprint density at radius 3 is 2.82 bits per heavy atom. The zero-order valence-electron chi connectivity index (χ0n) is 11.8. The summed E-state index contributed by atoms with van der Waals surface area (Å²) in [5, 5.41) is 2.81. The van der Waals surface area contributed by atoms with Gasteiger partial charge in [-0.25, -0.2) is 0 Å². The van der Waals surface area contributed by atoms with Gasteiger partial charge in [0.1, 0.15) is 0 Å². The molecule has 2 heterocycles. The number of aromatic nitrogens is 1. The highest BCUT2D eigenvalue weighted by atomic mass is 16.7. The Morgan fingerprint density at radius 1 is 1.23 bits per heavy atom. The van der Waals surface area contributed by atoms with Crippen molar-refractivity contribution in [3.8, 4) is 5.75 Å². The quantitative estimate of drug-likeness (QED) is 0.894. The van der Waals surface area contributed by atoms with Crippen LogP contribution in [0.2, 0.25) is 0 Å². The van der Waals surface area contributed by atoms with Crippen LogP contribution in [0.4, 0.5) is 0 Å². The number of hydrogen-bond acceptors (Lipinski definition) is 4. The van der Waals surface area contributed by atoms with Crippen LogP contribution in [0.15, 0.2) is 48.8 Å². The molecule has 6 heteroatoms. The molecule has 0 fully saturated rings. The summed E-state index contributed by atoms with van der Waals surface area (Å²) in [6.07, 6.45) is 3.64. The number of nitrogens with zero attached hydrogens (tertiary/aromatic N) is 1.